The van der Waals surface area contributed by atoms with Gasteiger partial charge in [-0.3, -0.25) is 4.79 Å². The summed E-state index contributed by atoms with van der Waals surface area (Å²) in [6.07, 6.45) is 0.678. The second-order valence-electron chi connectivity index (χ2n) is 5.75. The van der Waals surface area contributed by atoms with E-state index in [9.17, 15) is 4.79 Å². The number of aromatic nitrogens is 2. The van der Waals surface area contributed by atoms with Crippen molar-refractivity contribution in [3.63, 3.8) is 0 Å². The van der Waals surface area contributed by atoms with Crippen molar-refractivity contribution in [2.75, 3.05) is 26.1 Å². The van der Waals surface area contributed by atoms with Crippen LogP contribution in [0.1, 0.15) is 12.7 Å². The Morgan fingerprint density at radius 1 is 1.04 bits per heavy atom. The first-order valence-corrected chi connectivity index (χ1v) is 8.54. The molecule has 1 aromatic heterocycles. The molecule has 7 heteroatoms. The standard InChI is InChI=1S/C20H21N3O4/c1-4-18-22-17-8-6-5-7-16(17)20(23-18)27-12-19(24)21-13-9-14(25-2)11-15(10-13)26-3/h5-11H,4,12H2,1-3H3,(H,21,24). The molecule has 0 bridgehead atoms. The van der Waals surface area contributed by atoms with Gasteiger partial charge < -0.3 is 19.5 Å². The molecule has 0 aliphatic heterocycles. The fourth-order valence-corrected chi connectivity index (χ4v) is 2.57. The first kappa shape index (κ1) is 18.4. The van der Waals surface area contributed by atoms with E-state index in [4.69, 9.17) is 14.2 Å². The number of carbonyl (C=O) groups excluding carboxylic acids is 1. The summed E-state index contributed by atoms with van der Waals surface area (Å²) >= 11 is 0. The number of ether oxygens (including phenoxy) is 3. The molecule has 3 aromatic rings. The van der Waals surface area contributed by atoms with Crippen molar-refractivity contribution in [3.8, 4) is 17.4 Å². The quantitative estimate of drug-likeness (QED) is 0.690. The Kier molecular flexibility index (Phi) is 5.71. The molecule has 0 atom stereocenters. The zero-order chi connectivity index (χ0) is 19.2. The Balaban J connectivity index is 1.74. The molecule has 3 rings (SSSR count). The summed E-state index contributed by atoms with van der Waals surface area (Å²) in [5.74, 6) is 1.92. The lowest BCUT2D eigenvalue weighted by atomic mass is 10.2. The monoisotopic (exact) mass is 367 g/mol. The van der Waals surface area contributed by atoms with Crippen molar-refractivity contribution in [2.45, 2.75) is 13.3 Å². The Labute approximate surface area is 157 Å². The number of amides is 1. The van der Waals surface area contributed by atoms with Crippen LogP contribution >= 0.6 is 0 Å². The minimum Gasteiger partial charge on any atom is -0.497 e. The van der Waals surface area contributed by atoms with Gasteiger partial charge in [0.25, 0.3) is 5.91 Å². The molecule has 27 heavy (non-hydrogen) atoms. The van der Waals surface area contributed by atoms with Crippen LogP contribution in [0.3, 0.4) is 0 Å². The highest BCUT2D eigenvalue weighted by Crippen LogP contribution is 2.26. The highest BCUT2D eigenvalue weighted by molar-refractivity contribution is 5.92. The Morgan fingerprint density at radius 3 is 2.41 bits per heavy atom. The average molecular weight is 367 g/mol. The van der Waals surface area contributed by atoms with Gasteiger partial charge in [-0.25, -0.2) is 4.98 Å². The minimum absolute atomic E-state index is 0.177. The van der Waals surface area contributed by atoms with Crippen LogP contribution in [0.2, 0.25) is 0 Å². The summed E-state index contributed by atoms with van der Waals surface area (Å²) in [7, 11) is 3.10. The minimum atomic E-state index is -0.314. The summed E-state index contributed by atoms with van der Waals surface area (Å²) in [4.78, 5) is 21.2. The summed E-state index contributed by atoms with van der Waals surface area (Å²) in [6.45, 7) is 1.79. The molecule has 140 valence electrons. The predicted octanol–water partition coefficient (Wildman–Crippen LogP) is 3.23. The van der Waals surface area contributed by atoms with Gasteiger partial charge in [-0.05, 0) is 12.1 Å². The Hall–Kier alpha value is -3.35. The zero-order valence-corrected chi connectivity index (χ0v) is 15.5. The van der Waals surface area contributed by atoms with Crippen LogP contribution in [0.15, 0.2) is 42.5 Å². The maximum Gasteiger partial charge on any atom is 0.262 e. The molecule has 0 unspecified atom stereocenters. The molecule has 0 saturated heterocycles. The zero-order valence-electron chi connectivity index (χ0n) is 15.5. The number of anilines is 1. The van der Waals surface area contributed by atoms with Gasteiger partial charge in [-0.2, -0.15) is 4.98 Å². The van der Waals surface area contributed by atoms with E-state index >= 15 is 0 Å². The largest absolute Gasteiger partial charge is 0.497 e. The maximum atomic E-state index is 12.3. The van der Waals surface area contributed by atoms with Crippen LogP contribution in [0, 0.1) is 0 Å². The number of nitrogens with zero attached hydrogens (tertiary/aromatic N) is 2. The molecule has 7 nitrogen and oxygen atoms in total. The molecule has 0 aliphatic rings. The second-order valence-corrected chi connectivity index (χ2v) is 5.75. The van der Waals surface area contributed by atoms with Gasteiger partial charge in [0, 0.05) is 30.3 Å². The number of nitrogens with one attached hydrogen (secondary N) is 1. The highest BCUT2D eigenvalue weighted by Gasteiger charge is 2.11. The molecular formula is C20H21N3O4. The number of para-hydroxylation sites is 1. The maximum absolute atomic E-state index is 12.3. The topological polar surface area (TPSA) is 82.6 Å². The third-order valence-corrected chi connectivity index (χ3v) is 3.91. The van der Waals surface area contributed by atoms with Gasteiger partial charge in [-0.1, -0.05) is 19.1 Å². The lowest BCUT2D eigenvalue weighted by Gasteiger charge is -2.11. The smallest absolute Gasteiger partial charge is 0.262 e. The van der Waals surface area contributed by atoms with Crippen molar-refractivity contribution in [1.82, 2.24) is 9.97 Å². The highest BCUT2D eigenvalue weighted by atomic mass is 16.5. The molecule has 0 fully saturated rings. The predicted molar refractivity (Wildman–Crippen MR) is 103 cm³/mol. The van der Waals surface area contributed by atoms with Crippen LogP contribution in [0.25, 0.3) is 10.9 Å². The molecule has 0 radical (unpaired) electrons. The summed E-state index contributed by atoms with van der Waals surface area (Å²) in [6, 6.07) is 12.7. The fraction of sp³-hybridized carbons (Fsp3) is 0.250. The molecule has 0 saturated carbocycles. The normalized spacial score (nSPS) is 10.5. The molecule has 1 N–H and O–H groups in total. The number of fused-ring (bicyclic) bond motifs is 1. The summed E-state index contributed by atoms with van der Waals surface area (Å²) < 4.78 is 16.1. The van der Waals surface area contributed by atoms with Crippen LogP contribution in [-0.2, 0) is 11.2 Å². The van der Waals surface area contributed by atoms with Crippen molar-refractivity contribution < 1.29 is 19.0 Å². The van der Waals surface area contributed by atoms with E-state index < -0.39 is 0 Å². The van der Waals surface area contributed by atoms with Crippen LogP contribution < -0.4 is 19.5 Å². The van der Waals surface area contributed by atoms with Crippen LogP contribution in [-0.4, -0.2) is 36.7 Å². The van der Waals surface area contributed by atoms with E-state index in [-0.39, 0.29) is 12.5 Å². The molecule has 2 aromatic carbocycles. The lowest BCUT2D eigenvalue weighted by Crippen LogP contribution is -2.20. The molecule has 1 amide bonds. The van der Waals surface area contributed by atoms with E-state index in [0.717, 1.165) is 10.9 Å². The van der Waals surface area contributed by atoms with E-state index in [2.05, 4.69) is 15.3 Å². The molecular weight excluding hydrogens is 346 g/mol. The van der Waals surface area contributed by atoms with Gasteiger partial charge in [0.15, 0.2) is 6.61 Å². The Bertz CT molecular complexity index is 937. The van der Waals surface area contributed by atoms with Crippen LogP contribution in [0.5, 0.6) is 17.4 Å². The number of benzene rings is 2. The summed E-state index contributed by atoms with van der Waals surface area (Å²) in [5, 5.41) is 3.54. The van der Waals surface area contributed by atoms with Crippen molar-refractivity contribution >= 4 is 22.5 Å². The van der Waals surface area contributed by atoms with E-state index in [1.807, 2.05) is 31.2 Å². The van der Waals surface area contributed by atoms with E-state index in [0.29, 0.717) is 35.3 Å². The number of hydrogen-bond acceptors (Lipinski definition) is 6. The average Bonchev–Trinajstić information content (AvgIpc) is 2.71. The number of rotatable bonds is 7. The van der Waals surface area contributed by atoms with E-state index in [1.165, 1.54) is 0 Å². The molecule has 0 spiro atoms. The van der Waals surface area contributed by atoms with Crippen LogP contribution in [0.4, 0.5) is 5.69 Å². The van der Waals surface area contributed by atoms with Gasteiger partial charge in [-0.15, -0.1) is 0 Å². The molecule has 0 aliphatic carbocycles. The molecule has 1 heterocycles. The van der Waals surface area contributed by atoms with Gasteiger partial charge >= 0.3 is 0 Å². The second kappa shape index (κ2) is 8.35. The van der Waals surface area contributed by atoms with Gasteiger partial charge in [0.05, 0.1) is 25.1 Å². The van der Waals surface area contributed by atoms with Gasteiger partial charge in [0.1, 0.15) is 17.3 Å². The number of methoxy groups -OCH3 is 2. The van der Waals surface area contributed by atoms with Gasteiger partial charge in [0.2, 0.25) is 5.88 Å². The first-order chi connectivity index (χ1) is 13.1. The fourth-order valence-electron chi connectivity index (χ4n) is 2.57. The third-order valence-electron chi connectivity index (χ3n) is 3.91. The van der Waals surface area contributed by atoms with Crippen molar-refractivity contribution in [3.05, 3.63) is 48.3 Å². The van der Waals surface area contributed by atoms with E-state index in [1.54, 1.807) is 32.4 Å². The first-order valence-electron chi connectivity index (χ1n) is 8.54. The number of carbonyl (C=O) groups is 1. The SMILES string of the molecule is CCc1nc(OCC(=O)Nc2cc(OC)cc(OC)c2)c2ccccc2n1. The van der Waals surface area contributed by atoms with Crippen molar-refractivity contribution in [2.24, 2.45) is 0 Å². The van der Waals surface area contributed by atoms with Crippen molar-refractivity contribution in [1.29, 1.82) is 0 Å². The lowest BCUT2D eigenvalue weighted by molar-refractivity contribution is -0.118. The number of aryl methyl sites for hydroxylation is 1. The number of hydrogen-bond donors (Lipinski definition) is 1. The Morgan fingerprint density at radius 2 is 1.74 bits per heavy atom. The summed E-state index contributed by atoms with van der Waals surface area (Å²) in [5.41, 5.74) is 1.35. The third kappa shape index (κ3) is 4.44.